The summed E-state index contributed by atoms with van der Waals surface area (Å²) in [4.78, 5) is 0. The SMILES string of the molecule is CCCCCCCCCCc1c(N)cc2ccc3cccc4ccc1c2c34. The number of unbranched alkanes of at least 4 members (excludes halogenated alkanes) is 7. The lowest BCUT2D eigenvalue weighted by atomic mass is 9.89. The molecule has 0 amide bonds. The quantitative estimate of drug-likeness (QED) is 0.184. The van der Waals surface area contributed by atoms with Crippen LogP contribution in [-0.2, 0) is 6.42 Å². The Kier molecular flexibility index (Phi) is 5.48. The van der Waals surface area contributed by atoms with Gasteiger partial charge in [0.1, 0.15) is 0 Å². The molecule has 4 aromatic rings. The van der Waals surface area contributed by atoms with Crippen LogP contribution in [0.1, 0.15) is 63.9 Å². The summed E-state index contributed by atoms with van der Waals surface area (Å²) in [6.07, 6.45) is 11.9. The molecule has 1 heteroatoms. The van der Waals surface area contributed by atoms with E-state index in [4.69, 9.17) is 5.73 Å². The average Bonchev–Trinajstić information content (AvgIpc) is 2.69. The van der Waals surface area contributed by atoms with E-state index in [-0.39, 0.29) is 0 Å². The van der Waals surface area contributed by atoms with Crippen LogP contribution in [0.25, 0.3) is 32.3 Å². The minimum atomic E-state index is 0.962. The molecular formula is C26H31N. The highest BCUT2D eigenvalue weighted by Gasteiger charge is 2.13. The summed E-state index contributed by atoms with van der Waals surface area (Å²) in [5.74, 6) is 0. The zero-order chi connectivity index (χ0) is 18.6. The first-order valence-electron chi connectivity index (χ1n) is 10.7. The van der Waals surface area contributed by atoms with Gasteiger partial charge in [-0.05, 0) is 56.8 Å². The molecule has 27 heavy (non-hydrogen) atoms. The molecule has 0 fully saturated rings. The van der Waals surface area contributed by atoms with Crippen molar-refractivity contribution in [3.8, 4) is 0 Å². The van der Waals surface area contributed by atoms with E-state index in [1.807, 2.05) is 0 Å². The molecule has 2 N–H and O–H groups in total. The molecule has 0 saturated heterocycles. The molecule has 0 aromatic heterocycles. The van der Waals surface area contributed by atoms with E-state index in [1.165, 1.54) is 89.2 Å². The van der Waals surface area contributed by atoms with Gasteiger partial charge in [0.05, 0.1) is 0 Å². The molecule has 1 nitrogen and oxygen atoms in total. The fourth-order valence-electron chi connectivity index (χ4n) is 4.61. The lowest BCUT2D eigenvalue weighted by molar-refractivity contribution is 0.576. The molecule has 0 unspecified atom stereocenters. The zero-order valence-corrected chi connectivity index (χ0v) is 16.6. The number of rotatable bonds is 9. The first-order valence-corrected chi connectivity index (χ1v) is 10.7. The van der Waals surface area contributed by atoms with Crippen molar-refractivity contribution in [1.29, 1.82) is 0 Å². The fourth-order valence-corrected chi connectivity index (χ4v) is 4.61. The molecule has 0 aliphatic heterocycles. The number of anilines is 1. The van der Waals surface area contributed by atoms with Crippen LogP contribution in [0.15, 0.2) is 48.5 Å². The predicted molar refractivity (Wildman–Crippen MR) is 121 cm³/mol. The summed E-state index contributed by atoms with van der Waals surface area (Å²) < 4.78 is 0. The number of benzene rings is 4. The molecular weight excluding hydrogens is 326 g/mol. The van der Waals surface area contributed by atoms with Crippen LogP contribution in [0.5, 0.6) is 0 Å². The highest BCUT2D eigenvalue weighted by Crippen LogP contribution is 2.38. The van der Waals surface area contributed by atoms with Gasteiger partial charge in [-0.25, -0.2) is 0 Å². The van der Waals surface area contributed by atoms with Crippen LogP contribution in [0.2, 0.25) is 0 Å². The number of aryl methyl sites for hydroxylation is 1. The maximum absolute atomic E-state index is 6.49. The summed E-state index contributed by atoms with van der Waals surface area (Å²) in [6, 6.07) is 17.8. The maximum atomic E-state index is 6.49. The van der Waals surface area contributed by atoms with Gasteiger partial charge in [-0.3, -0.25) is 0 Å². The molecule has 0 heterocycles. The van der Waals surface area contributed by atoms with E-state index in [2.05, 4.69) is 55.5 Å². The molecule has 0 atom stereocenters. The number of nitrogens with two attached hydrogens (primary N) is 1. The monoisotopic (exact) mass is 357 g/mol. The Labute approximate surface area is 162 Å². The van der Waals surface area contributed by atoms with Crippen molar-refractivity contribution in [1.82, 2.24) is 0 Å². The fraction of sp³-hybridized carbons (Fsp3) is 0.385. The molecule has 0 saturated carbocycles. The largest absolute Gasteiger partial charge is 0.398 e. The van der Waals surface area contributed by atoms with Crippen LogP contribution in [-0.4, -0.2) is 0 Å². The van der Waals surface area contributed by atoms with E-state index >= 15 is 0 Å². The van der Waals surface area contributed by atoms with Crippen LogP contribution in [0.4, 0.5) is 5.69 Å². The molecule has 0 spiro atoms. The second-order valence-electron chi connectivity index (χ2n) is 8.03. The van der Waals surface area contributed by atoms with Crippen LogP contribution >= 0.6 is 0 Å². The van der Waals surface area contributed by atoms with Gasteiger partial charge in [-0.15, -0.1) is 0 Å². The standard InChI is InChI=1S/C26H31N/c1-2-3-4-5-6-7-8-9-13-22-23-17-16-20-12-10-11-19-14-15-21(18-24(22)27)26(23)25(19)20/h10-12,14-18H,2-9,13,27H2,1H3. The highest BCUT2D eigenvalue weighted by molar-refractivity contribution is 6.24. The van der Waals surface area contributed by atoms with Crippen molar-refractivity contribution in [3.05, 3.63) is 54.1 Å². The summed E-state index contributed by atoms with van der Waals surface area (Å²) in [7, 11) is 0. The third-order valence-electron chi connectivity index (χ3n) is 6.07. The van der Waals surface area contributed by atoms with Crippen molar-refractivity contribution in [3.63, 3.8) is 0 Å². The van der Waals surface area contributed by atoms with Gasteiger partial charge in [0.15, 0.2) is 0 Å². The smallest absolute Gasteiger partial charge is 0.0359 e. The van der Waals surface area contributed by atoms with Gasteiger partial charge in [0.25, 0.3) is 0 Å². The number of nitrogen functional groups attached to an aromatic ring is 1. The summed E-state index contributed by atoms with van der Waals surface area (Å²) in [5, 5.41) is 8.07. The summed E-state index contributed by atoms with van der Waals surface area (Å²) in [6.45, 7) is 2.28. The van der Waals surface area contributed by atoms with Crippen LogP contribution in [0, 0.1) is 0 Å². The molecule has 0 bridgehead atoms. The molecule has 4 rings (SSSR count). The minimum Gasteiger partial charge on any atom is -0.398 e. The molecule has 0 radical (unpaired) electrons. The van der Waals surface area contributed by atoms with E-state index < -0.39 is 0 Å². The molecule has 140 valence electrons. The Bertz CT molecular complexity index is 1010. The van der Waals surface area contributed by atoms with Crippen molar-refractivity contribution in [2.24, 2.45) is 0 Å². The average molecular weight is 358 g/mol. The van der Waals surface area contributed by atoms with E-state index in [1.54, 1.807) is 0 Å². The predicted octanol–water partition coefficient (Wildman–Crippen LogP) is 7.85. The third kappa shape index (κ3) is 3.60. The Morgan fingerprint density at radius 3 is 2.04 bits per heavy atom. The molecule has 0 aliphatic rings. The van der Waals surface area contributed by atoms with E-state index in [0.29, 0.717) is 0 Å². The lowest BCUT2D eigenvalue weighted by Gasteiger charge is -2.16. The van der Waals surface area contributed by atoms with Crippen LogP contribution < -0.4 is 5.73 Å². The topological polar surface area (TPSA) is 26.0 Å². The number of hydrogen-bond donors (Lipinski definition) is 1. The second kappa shape index (κ2) is 8.17. The van der Waals surface area contributed by atoms with Crippen molar-refractivity contribution in [2.75, 3.05) is 5.73 Å². The van der Waals surface area contributed by atoms with Gasteiger partial charge in [-0.2, -0.15) is 0 Å². The lowest BCUT2D eigenvalue weighted by Crippen LogP contribution is -1.98. The van der Waals surface area contributed by atoms with E-state index in [0.717, 1.165) is 12.1 Å². The maximum Gasteiger partial charge on any atom is 0.0359 e. The molecule has 0 aliphatic carbocycles. The van der Waals surface area contributed by atoms with Gasteiger partial charge in [-0.1, -0.05) is 94.3 Å². The highest BCUT2D eigenvalue weighted by atomic mass is 14.6. The normalized spacial score (nSPS) is 11.9. The van der Waals surface area contributed by atoms with Gasteiger partial charge < -0.3 is 5.73 Å². The first kappa shape index (κ1) is 18.1. The van der Waals surface area contributed by atoms with E-state index in [9.17, 15) is 0 Å². The Hall–Kier alpha value is -2.28. The summed E-state index contributed by atoms with van der Waals surface area (Å²) >= 11 is 0. The Morgan fingerprint density at radius 2 is 1.30 bits per heavy atom. The molecule has 4 aromatic carbocycles. The number of hydrogen-bond acceptors (Lipinski definition) is 1. The third-order valence-corrected chi connectivity index (χ3v) is 6.07. The minimum absolute atomic E-state index is 0.962. The van der Waals surface area contributed by atoms with Gasteiger partial charge in [0, 0.05) is 5.69 Å². The van der Waals surface area contributed by atoms with Gasteiger partial charge in [0.2, 0.25) is 0 Å². The van der Waals surface area contributed by atoms with Crippen molar-refractivity contribution >= 4 is 38.0 Å². The second-order valence-corrected chi connectivity index (χ2v) is 8.03. The summed E-state index contributed by atoms with van der Waals surface area (Å²) in [5.41, 5.74) is 8.81. The van der Waals surface area contributed by atoms with Gasteiger partial charge >= 0.3 is 0 Å². The van der Waals surface area contributed by atoms with Crippen molar-refractivity contribution in [2.45, 2.75) is 64.7 Å². The Morgan fingerprint density at radius 1 is 0.667 bits per heavy atom. The zero-order valence-electron chi connectivity index (χ0n) is 16.6. The van der Waals surface area contributed by atoms with Crippen molar-refractivity contribution < 1.29 is 0 Å². The van der Waals surface area contributed by atoms with Crippen LogP contribution in [0.3, 0.4) is 0 Å². The first-order chi connectivity index (χ1) is 13.3. The Balaban J connectivity index is 1.55.